The maximum absolute atomic E-state index is 13.4. The molecule has 0 aliphatic carbocycles. The van der Waals surface area contributed by atoms with E-state index < -0.39 is 6.10 Å². The van der Waals surface area contributed by atoms with Gasteiger partial charge in [0.05, 0.1) is 24.8 Å². The van der Waals surface area contributed by atoms with Gasteiger partial charge in [-0.25, -0.2) is 4.39 Å². The van der Waals surface area contributed by atoms with E-state index >= 15 is 0 Å². The van der Waals surface area contributed by atoms with Crippen molar-refractivity contribution in [1.82, 2.24) is 4.90 Å². The Morgan fingerprint density at radius 3 is 2.21 bits per heavy atom. The van der Waals surface area contributed by atoms with Crippen LogP contribution in [0, 0.1) is 5.82 Å². The molecule has 0 bridgehead atoms. The van der Waals surface area contributed by atoms with Crippen LogP contribution >= 0.6 is 12.2 Å². The number of hydrogen-bond donors (Lipinski definition) is 3. The third-order valence-electron chi connectivity index (χ3n) is 7.49. The lowest BCUT2D eigenvalue weighted by Gasteiger charge is -2.30. The van der Waals surface area contributed by atoms with Crippen molar-refractivity contribution in [3.63, 3.8) is 0 Å². The number of likely N-dealkylation sites (N-methyl/N-ethyl adjacent to an activating group) is 1. The van der Waals surface area contributed by atoms with Gasteiger partial charge in [0, 0.05) is 18.3 Å². The molecule has 0 radical (unpaired) electrons. The summed E-state index contributed by atoms with van der Waals surface area (Å²) in [5, 5.41) is 32.1. The number of anilines is 1. The van der Waals surface area contributed by atoms with Crippen LogP contribution in [0.1, 0.15) is 41.7 Å². The molecule has 1 saturated heterocycles. The van der Waals surface area contributed by atoms with E-state index in [9.17, 15) is 19.7 Å². The summed E-state index contributed by atoms with van der Waals surface area (Å²) in [4.78, 5) is 4.06. The highest BCUT2D eigenvalue weighted by atomic mass is 32.1. The fraction of sp³-hybridized carbons (Fsp3) is 0.219. The lowest BCUT2D eigenvalue weighted by Crippen LogP contribution is -2.31. The molecule has 5 nitrogen and oxygen atoms in total. The Bertz CT molecular complexity index is 1430. The van der Waals surface area contributed by atoms with Crippen molar-refractivity contribution in [2.75, 3.05) is 11.9 Å². The first-order valence-corrected chi connectivity index (χ1v) is 13.4. The zero-order valence-electron chi connectivity index (χ0n) is 21.6. The summed E-state index contributed by atoms with van der Waals surface area (Å²) in [6.45, 7) is -0.172. The van der Waals surface area contributed by atoms with E-state index in [-0.39, 0.29) is 30.3 Å². The standard InChI is InChI=1S/C32H31FN2O3S/c1-34-28(17-18-29(37)24-8-12-25(33)13-9-24)31(27-16-7-21(20-36)19-30(27)38)35(32(34)39)26-14-10-23(11-15-26)22-5-3-2-4-6-22/h2-16,19,28-29,31,36-38H,17-18,20H2,1H3/t28-,29?,31+/m0/s1. The Morgan fingerprint density at radius 1 is 0.897 bits per heavy atom. The van der Waals surface area contributed by atoms with Crippen LogP contribution in [-0.2, 0) is 6.61 Å². The summed E-state index contributed by atoms with van der Waals surface area (Å²) in [6, 6.07) is 28.9. The van der Waals surface area contributed by atoms with Crippen LogP contribution in [0.5, 0.6) is 5.75 Å². The topological polar surface area (TPSA) is 67.2 Å². The van der Waals surface area contributed by atoms with Crippen molar-refractivity contribution in [3.05, 3.63) is 120 Å². The highest BCUT2D eigenvalue weighted by Gasteiger charge is 2.44. The number of phenols is 1. The van der Waals surface area contributed by atoms with Crippen molar-refractivity contribution in [1.29, 1.82) is 0 Å². The van der Waals surface area contributed by atoms with Crippen LogP contribution in [-0.4, -0.2) is 38.4 Å². The van der Waals surface area contributed by atoms with Gasteiger partial charge in [-0.3, -0.25) is 0 Å². The quantitative estimate of drug-likeness (QED) is 0.226. The Morgan fingerprint density at radius 2 is 1.56 bits per heavy atom. The average Bonchev–Trinajstić information content (AvgIpc) is 3.21. The number of hydrogen-bond acceptors (Lipinski definition) is 4. The summed E-state index contributed by atoms with van der Waals surface area (Å²) in [5.74, 6) is -0.262. The maximum atomic E-state index is 13.4. The van der Waals surface area contributed by atoms with Crippen molar-refractivity contribution >= 4 is 23.0 Å². The molecule has 1 unspecified atom stereocenters. The van der Waals surface area contributed by atoms with Gasteiger partial charge in [0.15, 0.2) is 5.11 Å². The van der Waals surface area contributed by atoms with E-state index in [1.54, 1.807) is 24.3 Å². The number of thiocarbonyl (C=S) groups is 1. The lowest BCUT2D eigenvalue weighted by molar-refractivity contribution is 0.152. The second-order valence-corrected chi connectivity index (χ2v) is 10.2. The Labute approximate surface area is 233 Å². The van der Waals surface area contributed by atoms with Gasteiger partial charge < -0.3 is 25.1 Å². The van der Waals surface area contributed by atoms with Gasteiger partial charge in [0.1, 0.15) is 11.6 Å². The first-order chi connectivity index (χ1) is 18.9. The smallest absolute Gasteiger partial charge is 0.176 e. The van der Waals surface area contributed by atoms with E-state index in [0.717, 1.165) is 16.8 Å². The predicted molar refractivity (Wildman–Crippen MR) is 156 cm³/mol. The summed E-state index contributed by atoms with van der Waals surface area (Å²) in [6.07, 6.45) is 0.230. The average molecular weight is 543 g/mol. The molecular formula is C32H31FN2O3S. The minimum Gasteiger partial charge on any atom is -0.508 e. The van der Waals surface area contributed by atoms with Crippen molar-refractivity contribution < 1.29 is 19.7 Å². The van der Waals surface area contributed by atoms with Crippen molar-refractivity contribution in [2.45, 2.75) is 37.6 Å². The van der Waals surface area contributed by atoms with Crippen LogP contribution in [0.4, 0.5) is 10.1 Å². The van der Waals surface area contributed by atoms with Crippen molar-refractivity contribution in [3.8, 4) is 16.9 Å². The number of aromatic hydroxyl groups is 1. The van der Waals surface area contributed by atoms with Crippen molar-refractivity contribution in [2.24, 2.45) is 0 Å². The first kappa shape index (κ1) is 26.8. The number of rotatable bonds is 8. The normalized spacial score (nSPS) is 18.0. The molecule has 0 spiro atoms. The summed E-state index contributed by atoms with van der Waals surface area (Å²) < 4.78 is 13.4. The summed E-state index contributed by atoms with van der Waals surface area (Å²) in [7, 11) is 1.93. The number of aliphatic hydroxyl groups is 2. The molecule has 1 aliphatic heterocycles. The molecule has 0 aromatic heterocycles. The Hall–Kier alpha value is -3.78. The molecule has 4 aromatic carbocycles. The van der Waals surface area contributed by atoms with Crippen LogP contribution in [0.15, 0.2) is 97.1 Å². The van der Waals surface area contributed by atoms with Gasteiger partial charge in [-0.05, 0) is 77.6 Å². The fourth-order valence-electron chi connectivity index (χ4n) is 5.35. The second kappa shape index (κ2) is 11.5. The molecule has 1 heterocycles. The van der Waals surface area contributed by atoms with Crippen LogP contribution in [0.25, 0.3) is 11.1 Å². The second-order valence-electron chi connectivity index (χ2n) is 9.88. The predicted octanol–water partition coefficient (Wildman–Crippen LogP) is 6.35. The maximum Gasteiger partial charge on any atom is 0.176 e. The molecule has 3 atom stereocenters. The van der Waals surface area contributed by atoms with E-state index in [1.807, 2.05) is 53.2 Å². The molecule has 4 aromatic rings. The zero-order valence-corrected chi connectivity index (χ0v) is 22.4. The van der Waals surface area contributed by atoms with Gasteiger partial charge in [0.2, 0.25) is 0 Å². The van der Waals surface area contributed by atoms with Gasteiger partial charge in [-0.15, -0.1) is 0 Å². The van der Waals surface area contributed by atoms with Crippen LogP contribution < -0.4 is 4.90 Å². The number of aliphatic hydroxyl groups excluding tert-OH is 2. The zero-order chi connectivity index (χ0) is 27.5. The number of benzene rings is 4. The number of halogens is 1. The number of nitrogens with zero attached hydrogens (tertiary/aromatic N) is 2. The first-order valence-electron chi connectivity index (χ1n) is 12.9. The van der Waals surface area contributed by atoms with Gasteiger partial charge in [-0.1, -0.05) is 66.7 Å². The van der Waals surface area contributed by atoms with E-state index in [2.05, 4.69) is 24.3 Å². The largest absolute Gasteiger partial charge is 0.508 e. The summed E-state index contributed by atoms with van der Waals surface area (Å²) in [5.41, 5.74) is 5.05. The monoisotopic (exact) mass is 542 g/mol. The molecular weight excluding hydrogens is 511 g/mol. The minimum atomic E-state index is -0.766. The lowest BCUT2D eigenvalue weighted by atomic mass is 9.91. The SMILES string of the molecule is CN1C(=S)N(c2ccc(-c3ccccc3)cc2)[C@H](c2ccc(CO)cc2O)[C@@H]1CCC(O)c1ccc(F)cc1. The fourth-order valence-corrected chi connectivity index (χ4v) is 5.70. The molecule has 1 aliphatic rings. The molecule has 200 valence electrons. The Balaban J connectivity index is 1.48. The van der Waals surface area contributed by atoms with Crippen LogP contribution in [0.2, 0.25) is 0 Å². The highest BCUT2D eigenvalue weighted by Crippen LogP contribution is 2.44. The molecule has 0 saturated carbocycles. The molecule has 5 rings (SSSR count). The molecule has 0 amide bonds. The van der Waals surface area contributed by atoms with Crippen LogP contribution in [0.3, 0.4) is 0 Å². The highest BCUT2D eigenvalue weighted by molar-refractivity contribution is 7.80. The molecule has 7 heteroatoms. The number of phenolic OH excluding ortho intramolecular Hbond substituents is 1. The van der Waals surface area contributed by atoms with E-state index in [1.165, 1.54) is 12.1 Å². The molecule has 1 fully saturated rings. The van der Waals surface area contributed by atoms with Gasteiger partial charge in [-0.2, -0.15) is 0 Å². The third kappa shape index (κ3) is 5.52. The third-order valence-corrected chi connectivity index (χ3v) is 7.97. The molecule has 3 N–H and O–H groups in total. The summed E-state index contributed by atoms with van der Waals surface area (Å²) >= 11 is 5.93. The minimum absolute atomic E-state index is 0.0830. The van der Waals surface area contributed by atoms with Gasteiger partial charge >= 0.3 is 0 Å². The van der Waals surface area contributed by atoms with Gasteiger partial charge in [0.25, 0.3) is 0 Å². The molecule has 39 heavy (non-hydrogen) atoms. The van der Waals surface area contributed by atoms with E-state index in [0.29, 0.717) is 34.6 Å². The van der Waals surface area contributed by atoms with E-state index in [4.69, 9.17) is 12.2 Å². The Kier molecular flexibility index (Phi) is 7.93.